The Hall–Kier alpha value is -3.03. The number of nitrogens with zero attached hydrogens (tertiary/aromatic N) is 2. The summed E-state index contributed by atoms with van der Waals surface area (Å²) in [4.78, 5) is 25.6. The van der Waals surface area contributed by atoms with Crippen molar-refractivity contribution in [2.24, 2.45) is 5.92 Å². The molecule has 1 aromatic carbocycles. The highest BCUT2D eigenvalue weighted by molar-refractivity contribution is 6.00. The van der Waals surface area contributed by atoms with E-state index in [9.17, 15) is 14.7 Å². The van der Waals surface area contributed by atoms with Gasteiger partial charge in [0.1, 0.15) is 11.8 Å². The molecule has 8 heteroatoms. The molecule has 0 fully saturated rings. The summed E-state index contributed by atoms with van der Waals surface area (Å²) < 4.78 is 10.4. The van der Waals surface area contributed by atoms with Crippen molar-refractivity contribution >= 4 is 17.7 Å². The molecule has 1 aromatic heterocycles. The number of carboxylic acids is 1. The van der Waals surface area contributed by atoms with E-state index < -0.39 is 12.0 Å². The van der Waals surface area contributed by atoms with Gasteiger partial charge in [0, 0.05) is 19.7 Å². The van der Waals surface area contributed by atoms with Crippen molar-refractivity contribution in [1.29, 1.82) is 0 Å². The Bertz CT molecular complexity index is 781. The highest BCUT2D eigenvalue weighted by Crippen LogP contribution is 2.31. The van der Waals surface area contributed by atoms with E-state index >= 15 is 0 Å². The van der Waals surface area contributed by atoms with Crippen LogP contribution in [0.2, 0.25) is 0 Å². The topological polar surface area (TPSA) is 105 Å². The van der Waals surface area contributed by atoms with Gasteiger partial charge in [0.25, 0.3) is 0 Å². The number of methoxy groups -OCH3 is 1. The van der Waals surface area contributed by atoms with E-state index in [1.54, 1.807) is 45.5 Å². The average molecular weight is 361 g/mol. The van der Waals surface area contributed by atoms with Gasteiger partial charge < -0.3 is 24.6 Å². The Morgan fingerprint density at radius 2 is 1.85 bits per heavy atom. The van der Waals surface area contributed by atoms with Crippen molar-refractivity contribution in [3.8, 4) is 17.1 Å². The second-order valence-corrected chi connectivity index (χ2v) is 6.37. The molecule has 0 aliphatic rings. The molecule has 0 radical (unpaired) electrons. The van der Waals surface area contributed by atoms with E-state index in [0.29, 0.717) is 11.3 Å². The van der Waals surface area contributed by atoms with Crippen molar-refractivity contribution in [3.63, 3.8) is 0 Å². The van der Waals surface area contributed by atoms with Gasteiger partial charge in [-0.3, -0.25) is 4.79 Å². The number of anilines is 1. The summed E-state index contributed by atoms with van der Waals surface area (Å²) in [7, 11) is 4.83. The maximum atomic E-state index is 12.4. The summed E-state index contributed by atoms with van der Waals surface area (Å²) in [6, 6.07) is 6.13. The number of nitrogens with one attached hydrogen (secondary N) is 1. The fourth-order valence-electron chi connectivity index (χ4n) is 2.47. The van der Waals surface area contributed by atoms with Gasteiger partial charge in [0.2, 0.25) is 5.91 Å². The Kier molecular flexibility index (Phi) is 5.86. The Balaban J connectivity index is 2.42. The lowest BCUT2D eigenvalue weighted by atomic mass is 10.0. The van der Waals surface area contributed by atoms with E-state index in [1.165, 1.54) is 4.90 Å². The van der Waals surface area contributed by atoms with Crippen LogP contribution in [0.25, 0.3) is 11.3 Å². The lowest BCUT2D eigenvalue weighted by Crippen LogP contribution is -2.42. The van der Waals surface area contributed by atoms with E-state index in [-0.39, 0.29) is 29.0 Å². The van der Waals surface area contributed by atoms with Gasteiger partial charge in [-0.15, -0.1) is 0 Å². The molecule has 2 rings (SSSR count). The zero-order valence-electron chi connectivity index (χ0n) is 15.4. The minimum Gasteiger partial charge on any atom is -0.497 e. The van der Waals surface area contributed by atoms with Gasteiger partial charge in [0.15, 0.2) is 17.1 Å². The van der Waals surface area contributed by atoms with Crippen LogP contribution < -0.4 is 10.1 Å². The fraction of sp³-hybridized carbons (Fsp3) is 0.389. The standard InChI is InChI=1S/C18H23N3O5/c1-10(2)14(17(22)21(3)4)19-16-13(18(23)24)15(26-20-16)11-6-8-12(25-5)9-7-11/h6-10,14H,1-5H3,(H,19,20)(H,23,24). The third kappa shape index (κ3) is 3.96. The number of aromatic nitrogens is 1. The Morgan fingerprint density at radius 1 is 1.23 bits per heavy atom. The third-order valence-electron chi connectivity index (χ3n) is 3.92. The maximum Gasteiger partial charge on any atom is 0.343 e. The maximum absolute atomic E-state index is 12.4. The van der Waals surface area contributed by atoms with Crippen LogP contribution in [-0.4, -0.2) is 54.3 Å². The summed E-state index contributed by atoms with van der Waals surface area (Å²) in [6.07, 6.45) is 0. The number of rotatable bonds is 7. The molecule has 0 bridgehead atoms. The highest BCUT2D eigenvalue weighted by Gasteiger charge is 2.30. The number of ether oxygens (including phenoxy) is 1. The number of carboxylic acid groups (broad SMARTS) is 1. The van der Waals surface area contributed by atoms with Crippen LogP contribution in [0.15, 0.2) is 28.8 Å². The number of amides is 1. The molecule has 1 unspecified atom stereocenters. The average Bonchev–Trinajstić information content (AvgIpc) is 3.02. The second kappa shape index (κ2) is 7.90. The van der Waals surface area contributed by atoms with Crippen LogP contribution in [0.1, 0.15) is 24.2 Å². The van der Waals surface area contributed by atoms with Crippen LogP contribution in [0.5, 0.6) is 5.75 Å². The molecule has 0 saturated heterocycles. The number of hydrogen-bond donors (Lipinski definition) is 2. The quantitative estimate of drug-likeness (QED) is 0.781. The molecule has 1 atom stereocenters. The molecule has 1 amide bonds. The van der Waals surface area contributed by atoms with Crippen LogP contribution >= 0.6 is 0 Å². The first kappa shape index (κ1) is 19.3. The number of aromatic carboxylic acids is 1. The van der Waals surface area contributed by atoms with Gasteiger partial charge in [-0.2, -0.15) is 0 Å². The smallest absolute Gasteiger partial charge is 0.343 e. The monoisotopic (exact) mass is 361 g/mol. The van der Waals surface area contributed by atoms with Crippen molar-refractivity contribution in [2.45, 2.75) is 19.9 Å². The number of hydrogen-bond acceptors (Lipinski definition) is 6. The molecule has 8 nitrogen and oxygen atoms in total. The Morgan fingerprint density at radius 3 is 2.31 bits per heavy atom. The molecule has 26 heavy (non-hydrogen) atoms. The van der Waals surface area contributed by atoms with Crippen LogP contribution in [0, 0.1) is 5.92 Å². The minimum absolute atomic E-state index is 0.0252. The Labute approximate surface area is 151 Å². The lowest BCUT2D eigenvalue weighted by molar-refractivity contribution is -0.130. The summed E-state index contributed by atoms with van der Waals surface area (Å²) >= 11 is 0. The summed E-state index contributed by atoms with van der Waals surface area (Å²) in [5, 5.41) is 16.4. The van der Waals surface area contributed by atoms with E-state index in [4.69, 9.17) is 9.26 Å². The second-order valence-electron chi connectivity index (χ2n) is 6.37. The fourth-order valence-corrected chi connectivity index (χ4v) is 2.47. The normalized spacial score (nSPS) is 11.9. The van der Waals surface area contributed by atoms with Gasteiger partial charge in [-0.05, 0) is 30.2 Å². The van der Waals surface area contributed by atoms with Gasteiger partial charge >= 0.3 is 5.97 Å². The molecular formula is C18H23N3O5. The third-order valence-corrected chi connectivity index (χ3v) is 3.92. The molecule has 1 heterocycles. The number of benzene rings is 1. The van der Waals surface area contributed by atoms with Gasteiger partial charge in [-0.1, -0.05) is 19.0 Å². The molecule has 0 aliphatic heterocycles. The highest BCUT2D eigenvalue weighted by atomic mass is 16.5. The SMILES string of the molecule is COc1ccc(-c2onc(NC(C(=O)N(C)C)C(C)C)c2C(=O)O)cc1. The predicted molar refractivity (Wildman–Crippen MR) is 96.4 cm³/mol. The molecule has 0 saturated carbocycles. The number of likely N-dealkylation sites (N-methyl/N-ethyl adjacent to an activating group) is 1. The summed E-state index contributed by atoms with van der Waals surface area (Å²) in [5.41, 5.74) is 0.427. The van der Waals surface area contributed by atoms with Crippen molar-refractivity contribution in [2.75, 3.05) is 26.5 Å². The van der Waals surface area contributed by atoms with Crippen LogP contribution in [-0.2, 0) is 4.79 Å². The van der Waals surface area contributed by atoms with Crippen LogP contribution in [0.3, 0.4) is 0 Å². The van der Waals surface area contributed by atoms with Gasteiger partial charge in [0.05, 0.1) is 7.11 Å². The van der Waals surface area contributed by atoms with E-state index in [2.05, 4.69) is 10.5 Å². The zero-order chi connectivity index (χ0) is 19.4. The van der Waals surface area contributed by atoms with Gasteiger partial charge in [-0.25, -0.2) is 4.79 Å². The van der Waals surface area contributed by atoms with Crippen molar-refractivity contribution in [1.82, 2.24) is 10.1 Å². The van der Waals surface area contributed by atoms with Crippen molar-refractivity contribution < 1.29 is 24.0 Å². The first-order valence-electron chi connectivity index (χ1n) is 8.11. The summed E-state index contributed by atoms with van der Waals surface area (Å²) in [6.45, 7) is 3.73. The predicted octanol–water partition coefficient (Wildman–Crippen LogP) is 2.57. The van der Waals surface area contributed by atoms with Crippen molar-refractivity contribution in [3.05, 3.63) is 29.8 Å². The lowest BCUT2D eigenvalue weighted by Gasteiger charge is -2.24. The van der Waals surface area contributed by atoms with Crippen LogP contribution in [0.4, 0.5) is 5.82 Å². The molecular weight excluding hydrogens is 338 g/mol. The minimum atomic E-state index is -1.20. The molecule has 2 N–H and O–H groups in total. The van der Waals surface area contributed by atoms with E-state index in [1.807, 2.05) is 13.8 Å². The zero-order valence-corrected chi connectivity index (χ0v) is 15.4. The first-order valence-corrected chi connectivity index (χ1v) is 8.11. The molecule has 2 aromatic rings. The molecule has 0 aliphatic carbocycles. The molecule has 0 spiro atoms. The first-order chi connectivity index (χ1) is 12.3. The number of carbonyl (C=O) groups excluding carboxylic acids is 1. The molecule has 140 valence electrons. The van der Waals surface area contributed by atoms with E-state index in [0.717, 1.165) is 0 Å². The number of carbonyl (C=O) groups is 2. The summed E-state index contributed by atoms with van der Waals surface area (Å²) in [5.74, 6) is -0.669. The largest absolute Gasteiger partial charge is 0.497 e.